The van der Waals surface area contributed by atoms with Crippen LogP contribution in [0.1, 0.15) is 73.6 Å². The van der Waals surface area contributed by atoms with Gasteiger partial charge >= 0.3 is 11.9 Å². The summed E-state index contributed by atoms with van der Waals surface area (Å²) >= 11 is 0. The Morgan fingerprint density at radius 1 is 1.15 bits per heavy atom. The molecule has 0 amide bonds. The van der Waals surface area contributed by atoms with Crippen LogP contribution in [0.15, 0.2) is 34.9 Å². The quantitative estimate of drug-likeness (QED) is 0.400. The van der Waals surface area contributed by atoms with E-state index in [1.54, 1.807) is 13.0 Å². The maximum Gasteiger partial charge on any atom is 0.331 e. The van der Waals surface area contributed by atoms with Crippen LogP contribution >= 0.6 is 0 Å². The Labute approximate surface area is 203 Å². The van der Waals surface area contributed by atoms with Crippen molar-refractivity contribution in [3.63, 3.8) is 0 Å². The minimum absolute atomic E-state index is 0.0225. The first-order valence-corrected chi connectivity index (χ1v) is 12.7. The summed E-state index contributed by atoms with van der Waals surface area (Å²) in [7, 11) is 0. The molecular weight excluding hydrogens is 432 g/mol. The van der Waals surface area contributed by atoms with E-state index in [1.165, 1.54) is 5.57 Å². The molecule has 4 rings (SSSR count). The number of hydrogen-bond acceptors (Lipinski definition) is 4. The number of fused-ring (bicyclic) bond motifs is 2. The Bertz CT molecular complexity index is 943. The van der Waals surface area contributed by atoms with E-state index in [2.05, 4.69) is 26.8 Å². The molecule has 2 fully saturated rings. The van der Waals surface area contributed by atoms with Crippen LogP contribution in [0.2, 0.25) is 0 Å². The van der Waals surface area contributed by atoms with Crippen LogP contribution in [0.4, 0.5) is 0 Å². The largest absolute Gasteiger partial charge is 0.478 e. The molecule has 0 aromatic carbocycles. The van der Waals surface area contributed by atoms with Crippen molar-refractivity contribution in [1.82, 2.24) is 0 Å². The van der Waals surface area contributed by atoms with Crippen LogP contribution in [0.25, 0.3) is 0 Å². The molecule has 6 nitrogen and oxygen atoms in total. The van der Waals surface area contributed by atoms with Gasteiger partial charge in [0.15, 0.2) is 5.79 Å². The number of ether oxygens (including phenoxy) is 2. The normalized spacial score (nSPS) is 42.0. The van der Waals surface area contributed by atoms with Crippen molar-refractivity contribution in [2.45, 2.75) is 91.6 Å². The highest BCUT2D eigenvalue weighted by molar-refractivity contribution is 5.87. The van der Waals surface area contributed by atoms with Crippen LogP contribution in [0, 0.1) is 35.0 Å². The summed E-state index contributed by atoms with van der Waals surface area (Å²) in [4.78, 5) is 23.6. The van der Waals surface area contributed by atoms with Gasteiger partial charge in [-0.2, -0.15) is 0 Å². The van der Waals surface area contributed by atoms with Crippen molar-refractivity contribution in [2.24, 2.45) is 35.0 Å². The summed E-state index contributed by atoms with van der Waals surface area (Å²) in [5.74, 6) is -1.18. The molecule has 0 aromatic heterocycles. The van der Waals surface area contributed by atoms with Crippen molar-refractivity contribution in [1.29, 1.82) is 0 Å². The maximum atomic E-state index is 12.2. The monoisotopic (exact) mass is 472 g/mol. The second-order valence-electron chi connectivity index (χ2n) is 11.9. The van der Waals surface area contributed by atoms with E-state index in [9.17, 15) is 19.8 Å². The predicted molar refractivity (Wildman–Crippen MR) is 129 cm³/mol. The highest BCUT2D eigenvalue weighted by atomic mass is 16.7. The van der Waals surface area contributed by atoms with E-state index >= 15 is 0 Å². The molecule has 0 aromatic rings. The molecule has 8 atom stereocenters. The molecule has 3 aliphatic carbocycles. The summed E-state index contributed by atoms with van der Waals surface area (Å²) in [5, 5.41) is 19.4. The van der Waals surface area contributed by atoms with Crippen LogP contribution < -0.4 is 0 Å². The lowest BCUT2D eigenvalue weighted by Crippen LogP contribution is -2.37. The molecule has 1 saturated heterocycles. The fourth-order valence-electron chi connectivity index (χ4n) is 7.20. The van der Waals surface area contributed by atoms with Crippen LogP contribution in [0.5, 0.6) is 0 Å². The molecule has 0 radical (unpaired) electrons. The third-order valence-corrected chi connectivity index (χ3v) is 9.08. The number of rotatable bonds is 5. The number of hydrogen-bond donors (Lipinski definition) is 2. The number of carboxylic acids is 2. The van der Waals surface area contributed by atoms with Gasteiger partial charge in [0, 0.05) is 17.1 Å². The first-order valence-electron chi connectivity index (χ1n) is 12.7. The second-order valence-corrected chi connectivity index (χ2v) is 11.9. The average Bonchev–Trinajstić information content (AvgIpc) is 3.34. The molecule has 34 heavy (non-hydrogen) atoms. The number of allylic oxidation sites excluding steroid dienone is 2. The molecule has 188 valence electrons. The van der Waals surface area contributed by atoms with E-state index in [1.807, 2.05) is 19.9 Å². The Balaban J connectivity index is 1.65. The van der Waals surface area contributed by atoms with Gasteiger partial charge in [0.25, 0.3) is 0 Å². The minimum Gasteiger partial charge on any atom is -0.478 e. The lowest BCUT2D eigenvalue weighted by atomic mass is 9.63. The first kappa shape index (κ1) is 25.2. The first-order chi connectivity index (χ1) is 15.8. The number of aliphatic carboxylic acids is 2. The van der Waals surface area contributed by atoms with E-state index < -0.39 is 23.8 Å². The highest BCUT2D eigenvalue weighted by Crippen LogP contribution is 2.58. The molecule has 2 N–H and O–H groups in total. The van der Waals surface area contributed by atoms with Crippen LogP contribution in [0.3, 0.4) is 0 Å². The zero-order chi connectivity index (χ0) is 25.0. The molecule has 6 heteroatoms. The molecule has 0 spiro atoms. The standard InChI is InChI=1S/C28H40O6/c1-15-7-8-19-20(26(31)32)9-10-22-18(11-12-28(22,6)14-21(15)19)17(3)24-23(13-16(2)25(29)30)33-27(4,5)34-24/h9,11,13,15,17,19,21-24H,7-8,10,12,14H2,1-6H3,(H,29,30)(H,31,32)/b16-13-,20-9+/t15-,17-,19-,21-,22-,23+,24-,28+/m1/s1. The highest BCUT2D eigenvalue weighted by Gasteiger charge is 2.51. The molecular formula is C28H40O6. The number of carboxylic acid groups (broad SMARTS) is 2. The van der Waals surface area contributed by atoms with E-state index in [0.29, 0.717) is 17.4 Å². The van der Waals surface area contributed by atoms with Gasteiger partial charge in [0.05, 0.1) is 6.10 Å². The summed E-state index contributed by atoms with van der Waals surface area (Å²) in [5.41, 5.74) is 2.23. The van der Waals surface area contributed by atoms with Gasteiger partial charge in [-0.15, -0.1) is 0 Å². The lowest BCUT2D eigenvalue weighted by molar-refractivity contribution is -0.146. The second kappa shape index (κ2) is 8.94. The van der Waals surface area contributed by atoms with E-state index in [0.717, 1.165) is 32.1 Å². The predicted octanol–water partition coefficient (Wildman–Crippen LogP) is 5.59. The third-order valence-electron chi connectivity index (χ3n) is 9.08. The zero-order valence-corrected chi connectivity index (χ0v) is 21.3. The fourth-order valence-corrected chi connectivity index (χ4v) is 7.20. The van der Waals surface area contributed by atoms with Gasteiger partial charge in [-0.25, -0.2) is 9.59 Å². The van der Waals surface area contributed by atoms with Gasteiger partial charge < -0.3 is 19.7 Å². The molecule has 1 heterocycles. The lowest BCUT2D eigenvalue weighted by Gasteiger charge is -2.41. The maximum absolute atomic E-state index is 12.2. The summed E-state index contributed by atoms with van der Waals surface area (Å²) in [6, 6.07) is 0. The Morgan fingerprint density at radius 3 is 2.50 bits per heavy atom. The molecule has 1 aliphatic heterocycles. The van der Waals surface area contributed by atoms with Crippen LogP contribution in [-0.4, -0.2) is 40.1 Å². The summed E-state index contributed by atoms with van der Waals surface area (Å²) in [6.07, 6.45) is 10.1. The van der Waals surface area contributed by atoms with E-state index in [4.69, 9.17) is 9.47 Å². The fraction of sp³-hybridized carbons (Fsp3) is 0.714. The van der Waals surface area contributed by atoms with Gasteiger partial charge in [0.2, 0.25) is 0 Å². The van der Waals surface area contributed by atoms with Crippen molar-refractivity contribution < 1.29 is 29.3 Å². The molecule has 4 aliphatic rings. The SMILES string of the molecule is C/C(=C/[C@@H]1OC(C)(C)O[C@@H]1[C@H](C)C1=CC[C@@]2(C)C[C@@H]3[C@H](C)CC[C@@H]3/C(C(=O)O)=C\C[C@H]12)C(=O)O. The third kappa shape index (κ3) is 4.51. The molecule has 0 unspecified atom stereocenters. The topological polar surface area (TPSA) is 93.1 Å². The van der Waals surface area contributed by atoms with Crippen molar-refractivity contribution in [3.8, 4) is 0 Å². The summed E-state index contributed by atoms with van der Waals surface area (Å²) in [6.45, 7) is 12.1. The van der Waals surface area contributed by atoms with E-state index in [-0.39, 0.29) is 34.8 Å². The van der Waals surface area contributed by atoms with Crippen molar-refractivity contribution in [2.75, 3.05) is 0 Å². The minimum atomic E-state index is -0.959. The zero-order valence-electron chi connectivity index (χ0n) is 21.3. The molecule has 0 bridgehead atoms. The number of carbonyl (C=O) groups is 2. The Hall–Kier alpha value is -1.92. The smallest absolute Gasteiger partial charge is 0.331 e. The molecule has 1 saturated carbocycles. The van der Waals surface area contributed by atoms with Gasteiger partial charge in [-0.3, -0.25) is 0 Å². The van der Waals surface area contributed by atoms with Crippen molar-refractivity contribution in [3.05, 3.63) is 34.9 Å². The Morgan fingerprint density at radius 2 is 1.85 bits per heavy atom. The van der Waals surface area contributed by atoms with Gasteiger partial charge in [-0.1, -0.05) is 38.5 Å². The van der Waals surface area contributed by atoms with Crippen LogP contribution in [-0.2, 0) is 19.1 Å². The average molecular weight is 473 g/mol. The van der Waals surface area contributed by atoms with Gasteiger partial charge in [-0.05, 0) is 88.0 Å². The van der Waals surface area contributed by atoms with Crippen molar-refractivity contribution >= 4 is 11.9 Å². The van der Waals surface area contributed by atoms with Gasteiger partial charge in [0.1, 0.15) is 6.10 Å². The Kier molecular flexibility index (Phi) is 6.62. The summed E-state index contributed by atoms with van der Waals surface area (Å²) < 4.78 is 12.4.